The van der Waals surface area contributed by atoms with E-state index >= 15 is 0 Å². The van der Waals surface area contributed by atoms with Crippen LogP contribution in [-0.2, 0) is 17.8 Å². The van der Waals surface area contributed by atoms with Crippen LogP contribution in [0.25, 0.3) is 0 Å². The van der Waals surface area contributed by atoms with Crippen LogP contribution in [0.15, 0.2) is 30.3 Å². The standard InChI is InChI=1S/C15H20N4O2/c1-3-11-7-5-6-8-12(11)21-15-9-13(19-16)17-14(18-15)10-20-4-2/h5-9H,3-4,10,16H2,1-2H3,(H,17,18,19). The van der Waals surface area contributed by atoms with E-state index in [0.29, 0.717) is 30.7 Å². The third kappa shape index (κ3) is 4.14. The van der Waals surface area contributed by atoms with E-state index in [0.717, 1.165) is 17.7 Å². The first kappa shape index (κ1) is 15.2. The van der Waals surface area contributed by atoms with E-state index in [1.807, 2.05) is 31.2 Å². The van der Waals surface area contributed by atoms with Crippen molar-refractivity contribution in [1.29, 1.82) is 0 Å². The van der Waals surface area contributed by atoms with Gasteiger partial charge in [-0.3, -0.25) is 0 Å². The Morgan fingerprint density at radius 3 is 2.71 bits per heavy atom. The van der Waals surface area contributed by atoms with Crippen LogP contribution in [0.3, 0.4) is 0 Å². The maximum Gasteiger partial charge on any atom is 0.224 e. The molecular formula is C15H20N4O2. The lowest BCUT2D eigenvalue weighted by Crippen LogP contribution is -2.11. The van der Waals surface area contributed by atoms with Crippen LogP contribution in [0.2, 0.25) is 0 Å². The number of ether oxygens (including phenoxy) is 2. The Morgan fingerprint density at radius 1 is 1.19 bits per heavy atom. The molecule has 1 aromatic heterocycles. The first-order valence-electron chi connectivity index (χ1n) is 6.94. The van der Waals surface area contributed by atoms with Crippen LogP contribution in [0, 0.1) is 0 Å². The summed E-state index contributed by atoms with van der Waals surface area (Å²) >= 11 is 0. The highest BCUT2D eigenvalue weighted by Gasteiger charge is 2.08. The molecule has 112 valence electrons. The molecule has 0 spiro atoms. The van der Waals surface area contributed by atoms with Crippen LogP contribution in [0.4, 0.5) is 5.82 Å². The maximum absolute atomic E-state index is 5.86. The van der Waals surface area contributed by atoms with E-state index < -0.39 is 0 Å². The SMILES string of the molecule is CCOCc1nc(NN)cc(Oc2ccccc2CC)n1. The average molecular weight is 288 g/mol. The molecule has 0 aliphatic carbocycles. The number of nitrogens with one attached hydrogen (secondary N) is 1. The fourth-order valence-corrected chi connectivity index (χ4v) is 1.87. The monoisotopic (exact) mass is 288 g/mol. The van der Waals surface area contributed by atoms with Crippen molar-refractivity contribution in [3.8, 4) is 11.6 Å². The van der Waals surface area contributed by atoms with Crippen molar-refractivity contribution in [2.24, 2.45) is 5.84 Å². The number of nitrogen functional groups attached to an aromatic ring is 1. The van der Waals surface area contributed by atoms with E-state index in [-0.39, 0.29) is 0 Å². The topological polar surface area (TPSA) is 82.3 Å². The van der Waals surface area contributed by atoms with E-state index in [1.54, 1.807) is 6.07 Å². The molecule has 1 heterocycles. The minimum absolute atomic E-state index is 0.317. The molecule has 6 nitrogen and oxygen atoms in total. The molecule has 0 bridgehead atoms. The number of nitrogens with two attached hydrogens (primary N) is 1. The van der Waals surface area contributed by atoms with Crippen molar-refractivity contribution < 1.29 is 9.47 Å². The highest BCUT2D eigenvalue weighted by Crippen LogP contribution is 2.25. The van der Waals surface area contributed by atoms with Crippen LogP contribution < -0.4 is 16.0 Å². The van der Waals surface area contributed by atoms with Crippen molar-refractivity contribution in [2.75, 3.05) is 12.0 Å². The lowest BCUT2D eigenvalue weighted by Gasteiger charge is -2.11. The summed E-state index contributed by atoms with van der Waals surface area (Å²) in [6.45, 7) is 4.91. The van der Waals surface area contributed by atoms with Gasteiger partial charge in [-0.25, -0.2) is 10.8 Å². The van der Waals surface area contributed by atoms with Crippen molar-refractivity contribution >= 4 is 5.82 Å². The largest absolute Gasteiger partial charge is 0.439 e. The van der Waals surface area contributed by atoms with E-state index in [1.165, 1.54) is 0 Å². The molecule has 0 unspecified atom stereocenters. The van der Waals surface area contributed by atoms with E-state index in [2.05, 4.69) is 22.3 Å². The van der Waals surface area contributed by atoms with Crippen LogP contribution in [-0.4, -0.2) is 16.6 Å². The van der Waals surface area contributed by atoms with E-state index in [4.69, 9.17) is 15.3 Å². The normalized spacial score (nSPS) is 10.4. The number of anilines is 1. The zero-order chi connectivity index (χ0) is 15.1. The Kier molecular flexibility index (Phi) is 5.48. The summed E-state index contributed by atoms with van der Waals surface area (Å²) in [5.41, 5.74) is 3.63. The van der Waals surface area contributed by atoms with Gasteiger partial charge in [-0.15, -0.1) is 0 Å². The summed E-state index contributed by atoms with van der Waals surface area (Å²) in [5.74, 6) is 7.66. The molecule has 0 saturated carbocycles. The van der Waals surface area contributed by atoms with Gasteiger partial charge in [0.1, 0.15) is 18.2 Å². The van der Waals surface area contributed by atoms with Gasteiger partial charge in [-0.1, -0.05) is 25.1 Å². The number of benzene rings is 1. The predicted octanol–water partition coefficient (Wildman–Crippen LogP) is 2.65. The highest BCUT2D eigenvalue weighted by atomic mass is 16.5. The molecule has 2 rings (SSSR count). The maximum atomic E-state index is 5.86. The van der Waals surface area contributed by atoms with Crippen LogP contribution >= 0.6 is 0 Å². The fraction of sp³-hybridized carbons (Fsp3) is 0.333. The second-order valence-electron chi connectivity index (χ2n) is 4.35. The Labute approximate surface area is 124 Å². The minimum Gasteiger partial charge on any atom is -0.439 e. The fourth-order valence-electron chi connectivity index (χ4n) is 1.87. The van der Waals surface area contributed by atoms with Gasteiger partial charge in [0.05, 0.1) is 0 Å². The highest BCUT2D eigenvalue weighted by molar-refractivity contribution is 5.41. The zero-order valence-electron chi connectivity index (χ0n) is 12.3. The predicted molar refractivity (Wildman–Crippen MR) is 81.1 cm³/mol. The van der Waals surface area contributed by atoms with Gasteiger partial charge in [0.25, 0.3) is 0 Å². The Bertz CT molecular complexity index is 590. The molecule has 1 aromatic carbocycles. The summed E-state index contributed by atoms with van der Waals surface area (Å²) < 4.78 is 11.2. The van der Waals surface area contributed by atoms with Gasteiger partial charge >= 0.3 is 0 Å². The molecule has 0 radical (unpaired) electrons. The summed E-state index contributed by atoms with van der Waals surface area (Å²) in [7, 11) is 0. The van der Waals surface area contributed by atoms with Crippen molar-refractivity contribution in [3.05, 3.63) is 41.7 Å². The number of rotatable bonds is 7. The molecular weight excluding hydrogens is 268 g/mol. The van der Waals surface area contributed by atoms with Gasteiger partial charge in [-0.05, 0) is 25.0 Å². The van der Waals surface area contributed by atoms with Gasteiger partial charge in [0.15, 0.2) is 5.82 Å². The number of hydrazine groups is 1. The molecule has 21 heavy (non-hydrogen) atoms. The number of hydrogen-bond donors (Lipinski definition) is 2. The number of aryl methyl sites for hydroxylation is 1. The van der Waals surface area contributed by atoms with Gasteiger partial charge in [-0.2, -0.15) is 4.98 Å². The minimum atomic E-state index is 0.317. The first-order chi connectivity index (χ1) is 10.3. The van der Waals surface area contributed by atoms with Crippen molar-refractivity contribution in [2.45, 2.75) is 26.9 Å². The summed E-state index contributed by atoms with van der Waals surface area (Å²) in [5, 5.41) is 0. The van der Waals surface area contributed by atoms with Crippen molar-refractivity contribution in [3.63, 3.8) is 0 Å². The summed E-state index contributed by atoms with van der Waals surface area (Å²) in [6.07, 6.45) is 0.884. The second-order valence-corrected chi connectivity index (χ2v) is 4.35. The molecule has 3 N–H and O–H groups in total. The van der Waals surface area contributed by atoms with Crippen LogP contribution in [0.1, 0.15) is 25.2 Å². The lowest BCUT2D eigenvalue weighted by atomic mass is 10.1. The smallest absolute Gasteiger partial charge is 0.224 e. The Balaban J connectivity index is 2.25. The van der Waals surface area contributed by atoms with Gasteiger partial charge in [0, 0.05) is 12.7 Å². The van der Waals surface area contributed by atoms with E-state index in [9.17, 15) is 0 Å². The van der Waals surface area contributed by atoms with Gasteiger partial charge in [0.2, 0.25) is 5.88 Å². The Morgan fingerprint density at radius 2 is 2.00 bits per heavy atom. The molecule has 0 aliphatic rings. The molecule has 6 heteroatoms. The lowest BCUT2D eigenvalue weighted by molar-refractivity contribution is 0.128. The number of nitrogens with zero attached hydrogens (tertiary/aromatic N) is 2. The van der Waals surface area contributed by atoms with Crippen molar-refractivity contribution in [1.82, 2.24) is 9.97 Å². The zero-order valence-corrected chi connectivity index (χ0v) is 12.3. The number of hydrogen-bond acceptors (Lipinski definition) is 6. The molecule has 2 aromatic rings. The average Bonchev–Trinajstić information content (AvgIpc) is 2.53. The third-order valence-electron chi connectivity index (χ3n) is 2.90. The third-order valence-corrected chi connectivity index (χ3v) is 2.90. The molecule has 0 aliphatic heterocycles. The van der Waals surface area contributed by atoms with Crippen LogP contribution in [0.5, 0.6) is 11.6 Å². The summed E-state index contributed by atoms with van der Waals surface area (Å²) in [6, 6.07) is 9.51. The molecule has 0 amide bonds. The second kappa shape index (κ2) is 7.56. The Hall–Kier alpha value is -2.18. The first-order valence-corrected chi connectivity index (χ1v) is 6.94. The molecule has 0 atom stereocenters. The summed E-state index contributed by atoms with van der Waals surface area (Å²) in [4.78, 5) is 8.56. The van der Waals surface area contributed by atoms with Gasteiger partial charge < -0.3 is 14.9 Å². The quantitative estimate of drug-likeness (QED) is 0.602. The molecule has 0 fully saturated rings. The molecule has 0 saturated heterocycles. The number of aromatic nitrogens is 2. The number of para-hydroxylation sites is 1.